The minimum absolute atomic E-state index is 0.249. The van der Waals surface area contributed by atoms with Gasteiger partial charge >= 0.3 is 0 Å². The van der Waals surface area contributed by atoms with Crippen molar-refractivity contribution >= 4 is 46.6 Å². The SMILES string of the molecule is O=C1C=CC(=O)C1c1ccc(C(c2ccc(N3C(=O)C=CC3=O)cc2)c2ccc(N3C(=O)C=CC3=O)cc2)cc1. The molecule has 0 spiro atoms. The predicted octanol–water partition coefficient (Wildman–Crippen LogP) is 3.52. The maximum absolute atomic E-state index is 12.2. The number of hydrogen-bond acceptors (Lipinski definition) is 6. The Balaban J connectivity index is 1.37. The molecule has 3 aromatic rings. The molecule has 2 aliphatic heterocycles. The Labute approximate surface area is 228 Å². The lowest BCUT2D eigenvalue weighted by Crippen LogP contribution is -2.29. The van der Waals surface area contributed by atoms with Gasteiger partial charge in [-0.15, -0.1) is 0 Å². The van der Waals surface area contributed by atoms with Crippen molar-refractivity contribution < 1.29 is 28.8 Å². The molecule has 8 heteroatoms. The van der Waals surface area contributed by atoms with Gasteiger partial charge in [-0.25, -0.2) is 9.80 Å². The van der Waals surface area contributed by atoms with E-state index in [0.717, 1.165) is 26.5 Å². The van der Waals surface area contributed by atoms with E-state index in [-0.39, 0.29) is 17.5 Å². The van der Waals surface area contributed by atoms with E-state index in [1.165, 1.54) is 36.5 Å². The fourth-order valence-corrected chi connectivity index (χ4v) is 5.22. The fourth-order valence-electron chi connectivity index (χ4n) is 5.22. The number of carbonyl (C=O) groups is 6. The number of amides is 4. The van der Waals surface area contributed by atoms with Crippen LogP contribution in [0.2, 0.25) is 0 Å². The molecule has 0 fully saturated rings. The van der Waals surface area contributed by atoms with Gasteiger partial charge in [0.25, 0.3) is 23.6 Å². The highest BCUT2D eigenvalue weighted by Gasteiger charge is 2.30. The van der Waals surface area contributed by atoms with Gasteiger partial charge < -0.3 is 0 Å². The first-order chi connectivity index (χ1) is 19.3. The third-order valence-electron chi connectivity index (χ3n) is 7.17. The Hall–Kier alpha value is -5.50. The van der Waals surface area contributed by atoms with E-state index in [0.29, 0.717) is 16.9 Å². The summed E-state index contributed by atoms with van der Waals surface area (Å²) in [7, 11) is 0. The Morgan fingerprint density at radius 1 is 0.425 bits per heavy atom. The molecule has 1 aliphatic carbocycles. The zero-order chi connectivity index (χ0) is 28.0. The molecular formula is C32H20N2O6. The third kappa shape index (κ3) is 4.21. The van der Waals surface area contributed by atoms with Crippen LogP contribution in [-0.2, 0) is 28.8 Å². The summed E-state index contributed by atoms with van der Waals surface area (Å²) in [6.07, 6.45) is 7.49. The summed E-state index contributed by atoms with van der Waals surface area (Å²) in [4.78, 5) is 75.1. The molecular weight excluding hydrogens is 508 g/mol. The summed E-state index contributed by atoms with van der Waals surface area (Å²) in [6.45, 7) is 0. The number of imide groups is 2. The largest absolute Gasteiger partial charge is 0.294 e. The molecule has 0 aromatic heterocycles. The number of anilines is 2. The lowest BCUT2D eigenvalue weighted by Gasteiger charge is -2.22. The van der Waals surface area contributed by atoms with Crippen LogP contribution in [0.4, 0.5) is 11.4 Å². The molecule has 2 heterocycles. The molecule has 0 radical (unpaired) electrons. The van der Waals surface area contributed by atoms with Crippen LogP contribution in [0, 0.1) is 0 Å². The molecule has 8 nitrogen and oxygen atoms in total. The van der Waals surface area contributed by atoms with Gasteiger partial charge in [0.1, 0.15) is 5.92 Å². The van der Waals surface area contributed by atoms with Crippen molar-refractivity contribution in [3.8, 4) is 0 Å². The van der Waals surface area contributed by atoms with E-state index < -0.39 is 29.5 Å². The molecule has 0 atom stereocenters. The zero-order valence-corrected chi connectivity index (χ0v) is 20.9. The molecule has 4 amide bonds. The minimum atomic E-state index is -0.834. The Bertz CT molecular complexity index is 1440. The standard InChI is InChI=1S/C32H20N2O6/c35-25-13-14-26(36)32(25)22-3-1-19(2-4-22)31(20-5-9-23(10-6-20)33-27(37)15-16-28(33)38)21-7-11-24(12-8-21)34-29(39)17-18-30(34)40/h1-18,31-32H. The van der Waals surface area contributed by atoms with Crippen molar-refractivity contribution in [2.24, 2.45) is 0 Å². The number of rotatable bonds is 6. The van der Waals surface area contributed by atoms with Crippen molar-refractivity contribution in [3.05, 3.63) is 132 Å². The second-order valence-corrected chi connectivity index (χ2v) is 9.54. The lowest BCUT2D eigenvalue weighted by molar-refractivity contribution is -0.123. The monoisotopic (exact) mass is 528 g/mol. The topological polar surface area (TPSA) is 109 Å². The van der Waals surface area contributed by atoms with E-state index in [1.807, 2.05) is 36.4 Å². The number of nitrogens with zero attached hydrogens (tertiary/aromatic N) is 2. The quantitative estimate of drug-likeness (QED) is 0.275. The summed E-state index contributed by atoms with van der Waals surface area (Å²) in [5.41, 5.74) is 4.04. The van der Waals surface area contributed by atoms with E-state index >= 15 is 0 Å². The molecule has 3 aromatic carbocycles. The maximum Gasteiger partial charge on any atom is 0.258 e. The van der Waals surface area contributed by atoms with Gasteiger partial charge in [-0.3, -0.25) is 28.8 Å². The van der Waals surface area contributed by atoms with Crippen molar-refractivity contribution in [1.82, 2.24) is 0 Å². The van der Waals surface area contributed by atoms with Crippen LogP contribution in [0.5, 0.6) is 0 Å². The smallest absolute Gasteiger partial charge is 0.258 e. The number of benzene rings is 3. The van der Waals surface area contributed by atoms with Gasteiger partial charge in [-0.1, -0.05) is 48.5 Å². The second kappa shape index (κ2) is 9.67. The third-order valence-corrected chi connectivity index (χ3v) is 7.17. The average Bonchev–Trinajstić information content (AvgIpc) is 3.60. The van der Waals surface area contributed by atoms with Gasteiger partial charge in [-0.05, 0) is 58.7 Å². The van der Waals surface area contributed by atoms with Crippen molar-refractivity contribution in [3.63, 3.8) is 0 Å². The van der Waals surface area contributed by atoms with Crippen LogP contribution in [0.15, 0.2) is 109 Å². The molecule has 0 unspecified atom stereocenters. The van der Waals surface area contributed by atoms with Crippen LogP contribution in [0.1, 0.15) is 34.1 Å². The highest BCUT2D eigenvalue weighted by atomic mass is 16.2. The van der Waals surface area contributed by atoms with Gasteiger partial charge in [-0.2, -0.15) is 0 Å². The Kier molecular flexibility index (Phi) is 6.00. The summed E-state index contributed by atoms with van der Waals surface area (Å²) in [5.74, 6) is -3.30. The van der Waals surface area contributed by atoms with Crippen LogP contribution >= 0.6 is 0 Å². The number of ketones is 2. The molecule has 40 heavy (non-hydrogen) atoms. The molecule has 3 aliphatic rings. The molecule has 0 saturated carbocycles. The number of hydrogen-bond donors (Lipinski definition) is 0. The van der Waals surface area contributed by atoms with Crippen molar-refractivity contribution in [2.75, 3.05) is 9.80 Å². The van der Waals surface area contributed by atoms with Gasteiger partial charge in [0, 0.05) is 30.2 Å². The maximum atomic E-state index is 12.2. The summed E-state index contributed by atoms with van der Waals surface area (Å²) < 4.78 is 0. The average molecular weight is 529 g/mol. The molecule has 6 rings (SSSR count). The molecule has 0 N–H and O–H groups in total. The predicted molar refractivity (Wildman–Crippen MR) is 145 cm³/mol. The first-order valence-corrected chi connectivity index (χ1v) is 12.5. The molecule has 0 bridgehead atoms. The van der Waals surface area contributed by atoms with Gasteiger partial charge in [0.2, 0.25) is 0 Å². The van der Waals surface area contributed by atoms with Crippen LogP contribution in [0.25, 0.3) is 0 Å². The summed E-state index contributed by atoms with van der Waals surface area (Å²) in [6, 6.07) is 21.3. The Morgan fingerprint density at radius 2 is 0.750 bits per heavy atom. The second-order valence-electron chi connectivity index (χ2n) is 9.54. The first-order valence-electron chi connectivity index (χ1n) is 12.5. The van der Waals surface area contributed by atoms with Crippen LogP contribution < -0.4 is 9.80 Å². The van der Waals surface area contributed by atoms with Gasteiger partial charge in [0.05, 0.1) is 11.4 Å². The summed E-state index contributed by atoms with van der Waals surface area (Å²) in [5, 5.41) is 0. The highest BCUT2D eigenvalue weighted by molar-refractivity contribution is 6.28. The lowest BCUT2D eigenvalue weighted by atomic mass is 9.83. The van der Waals surface area contributed by atoms with E-state index in [2.05, 4.69) is 0 Å². The zero-order valence-electron chi connectivity index (χ0n) is 20.9. The Morgan fingerprint density at radius 3 is 1.10 bits per heavy atom. The number of allylic oxidation sites excluding steroid dienone is 2. The van der Waals surface area contributed by atoms with E-state index in [9.17, 15) is 28.8 Å². The molecule has 0 saturated heterocycles. The molecule has 194 valence electrons. The van der Waals surface area contributed by atoms with E-state index in [1.54, 1.807) is 36.4 Å². The van der Waals surface area contributed by atoms with E-state index in [4.69, 9.17) is 0 Å². The van der Waals surface area contributed by atoms with Crippen molar-refractivity contribution in [2.45, 2.75) is 11.8 Å². The van der Waals surface area contributed by atoms with Crippen molar-refractivity contribution in [1.29, 1.82) is 0 Å². The van der Waals surface area contributed by atoms with Crippen LogP contribution in [-0.4, -0.2) is 35.2 Å². The fraction of sp³-hybridized carbons (Fsp3) is 0.0625. The van der Waals surface area contributed by atoms with Crippen LogP contribution in [0.3, 0.4) is 0 Å². The minimum Gasteiger partial charge on any atom is -0.294 e. The summed E-state index contributed by atoms with van der Waals surface area (Å²) >= 11 is 0. The number of carbonyl (C=O) groups excluding carboxylic acids is 6. The first kappa shape index (κ1) is 24.8. The normalized spacial score (nSPS) is 17.0. The highest BCUT2D eigenvalue weighted by Crippen LogP contribution is 2.36. The van der Waals surface area contributed by atoms with Gasteiger partial charge in [0.15, 0.2) is 11.6 Å².